The Balaban J connectivity index is 2.36. The van der Waals surface area contributed by atoms with E-state index in [9.17, 15) is 9.90 Å². The van der Waals surface area contributed by atoms with Gasteiger partial charge in [-0.2, -0.15) is 0 Å². The summed E-state index contributed by atoms with van der Waals surface area (Å²) in [6.07, 6.45) is 0. The molecule has 0 saturated carbocycles. The first-order chi connectivity index (χ1) is 8.99. The van der Waals surface area contributed by atoms with Gasteiger partial charge in [-0.3, -0.25) is 4.79 Å². The Bertz CT molecular complexity index is 623. The lowest BCUT2D eigenvalue weighted by Gasteiger charge is -2.19. The molecule has 0 saturated heterocycles. The van der Waals surface area contributed by atoms with E-state index < -0.39 is 0 Å². The number of aromatic hydroxyl groups is 1. The predicted octanol–water partition coefficient (Wildman–Crippen LogP) is 2.56. The van der Waals surface area contributed by atoms with Crippen LogP contribution in [0.5, 0.6) is 5.75 Å². The zero-order chi connectivity index (χ0) is 14.0. The normalized spacial score (nSPS) is 10.2. The first-order valence-corrected chi connectivity index (χ1v) is 5.92. The standard InChI is InChI=1S/C15H16N2O2/c1-10-4-3-5-11(8-10)17(2)15(19)13-9-12(18)6-7-14(13)16/h3-9,18H,16H2,1-2H3. The molecule has 1 amide bonds. The van der Waals surface area contributed by atoms with E-state index in [2.05, 4.69) is 0 Å². The highest BCUT2D eigenvalue weighted by Gasteiger charge is 2.16. The van der Waals surface area contributed by atoms with Gasteiger partial charge in [0.25, 0.3) is 5.91 Å². The van der Waals surface area contributed by atoms with Gasteiger partial charge in [-0.1, -0.05) is 12.1 Å². The van der Waals surface area contributed by atoms with Crippen molar-refractivity contribution in [3.63, 3.8) is 0 Å². The van der Waals surface area contributed by atoms with Gasteiger partial charge in [0, 0.05) is 18.4 Å². The highest BCUT2D eigenvalue weighted by molar-refractivity contribution is 6.09. The van der Waals surface area contributed by atoms with Crippen molar-refractivity contribution < 1.29 is 9.90 Å². The SMILES string of the molecule is Cc1cccc(N(C)C(=O)c2cc(O)ccc2N)c1. The minimum absolute atomic E-state index is 0.0233. The molecule has 4 heteroatoms. The van der Waals surface area contributed by atoms with E-state index in [1.54, 1.807) is 7.05 Å². The van der Waals surface area contributed by atoms with Crippen molar-refractivity contribution in [2.75, 3.05) is 17.7 Å². The molecular formula is C15H16N2O2. The first kappa shape index (κ1) is 13.0. The highest BCUT2D eigenvalue weighted by Crippen LogP contribution is 2.23. The summed E-state index contributed by atoms with van der Waals surface area (Å²) >= 11 is 0. The van der Waals surface area contributed by atoms with E-state index in [1.165, 1.54) is 23.1 Å². The molecule has 0 radical (unpaired) electrons. The number of aryl methyl sites for hydroxylation is 1. The molecule has 0 fully saturated rings. The van der Waals surface area contributed by atoms with E-state index in [-0.39, 0.29) is 11.7 Å². The number of rotatable bonds is 2. The number of carbonyl (C=O) groups is 1. The zero-order valence-corrected chi connectivity index (χ0v) is 10.9. The van der Waals surface area contributed by atoms with Crippen LogP contribution in [0.3, 0.4) is 0 Å². The maximum absolute atomic E-state index is 12.4. The highest BCUT2D eigenvalue weighted by atomic mass is 16.3. The summed E-state index contributed by atoms with van der Waals surface area (Å²) in [5.41, 5.74) is 8.28. The van der Waals surface area contributed by atoms with Gasteiger partial charge in [-0.05, 0) is 42.8 Å². The van der Waals surface area contributed by atoms with E-state index >= 15 is 0 Å². The minimum Gasteiger partial charge on any atom is -0.508 e. The maximum Gasteiger partial charge on any atom is 0.260 e. The number of phenols is 1. The van der Waals surface area contributed by atoms with Gasteiger partial charge in [-0.15, -0.1) is 0 Å². The number of hydrogen-bond acceptors (Lipinski definition) is 3. The summed E-state index contributed by atoms with van der Waals surface area (Å²) < 4.78 is 0. The van der Waals surface area contributed by atoms with Gasteiger partial charge in [0.2, 0.25) is 0 Å². The van der Waals surface area contributed by atoms with Crippen molar-refractivity contribution in [1.82, 2.24) is 0 Å². The smallest absolute Gasteiger partial charge is 0.260 e. The number of benzene rings is 2. The largest absolute Gasteiger partial charge is 0.508 e. The molecule has 0 aliphatic heterocycles. The van der Waals surface area contributed by atoms with Gasteiger partial charge in [0.05, 0.1) is 5.56 Å². The summed E-state index contributed by atoms with van der Waals surface area (Å²) in [4.78, 5) is 13.9. The summed E-state index contributed by atoms with van der Waals surface area (Å²) in [5.74, 6) is -0.228. The quantitative estimate of drug-likeness (QED) is 0.641. The van der Waals surface area contributed by atoms with Crippen molar-refractivity contribution in [3.8, 4) is 5.75 Å². The zero-order valence-electron chi connectivity index (χ0n) is 10.9. The van der Waals surface area contributed by atoms with Crippen LogP contribution in [0, 0.1) is 6.92 Å². The van der Waals surface area contributed by atoms with E-state index in [0.717, 1.165) is 11.3 Å². The monoisotopic (exact) mass is 256 g/mol. The predicted molar refractivity (Wildman–Crippen MR) is 76.4 cm³/mol. The molecule has 2 rings (SSSR count). The number of amides is 1. The molecule has 98 valence electrons. The minimum atomic E-state index is -0.251. The van der Waals surface area contributed by atoms with Crippen LogP contribution < -0.4 is 10.6 Å². The second-order valence-corrected chi connectivity index (χ2v) is 4.47. The van der Waals surface area contributed by atoms with Gasteiger partial charge >= 0.3 is 0 Å². The van der Waals surface area contributed by atoms with E-state index in [4.69, 9.17) is 5.73 Å². The maximum atomic E-state index is 12.4. The van der Waals surface area contributed by atoms with Gasteiger partial charge < -0.3 is 15.7 Å². The lowest BCUT2D eigenvalue weighted by molar-refractivity contribution is 0.0993. The van der Waals surface area contributed by atoms with Crippen LogP contribution in [-0.2, 0) is 0 Å². The van der Waals surface area contributed by atoms with E-state index in [0.29, 0.717) is 11.3 Å². The molecule has 4 nitrogen and oxygen atoms in total. The molecule has 3 N–H and O–H groups in total. The average Bonchev–Trinajstić information content (AvgIpc) is 2.40. The summed E-state index contributed by atoms with van der Waals surface area (Å²) in [7, 11) is 1.68. The third-order valence-corrected chi connectivity index (χ3v) is 2.96. The fourth-order valence-corrected chi connectivity index (χ4v) is 1.86. The molecule has 0 heterocycles. The molecule has 0 atom stereocenters. The van der Waals surface area contributed by atoms with Crippen molar-refractivity contribution in [2.24, 2.45) is 0 Å². The molecule has 2 aromatic carbocycles. The topological polar surface area (TPSA) is 66.6 Å². The summed E-state index contributed by atoms with van der Waals surface area (Å²) in [6.45, 7) is 1.96. The van der Waals surface area contributed by atoms with Crippen LogP contribution in [0.1, 0.15) is 15.9 Å². The summed E-state index contributed by atoms with van der Waals surface area (Å²) in [6, 6.07) is 12.0. The number of hydrogen-bond donors (Lipinski definition) is 2. The first-order valence-electron chi connectivity index (χ1n) is 5.92. The third-order valence-electron chi connectivity index (χ3n) is 2.96. The Hall–Kier alpha value is -2.49. The molecule has 19 heavy (non-hydrogen) atoms. The molecule has 0 aromatic heterocycles. The Kier molecular flexibility index (Phi) is 3.42. The number of phenolic OH excluding ortho intramolecular Hbond substituents is 1. The van der Waals surface area contributed by atoms with Crippen LogP contribution in [0.15, 0.2) is 42.5 Å². The van der Waals surface area contributed by atoms with Crippen LogP contribution in [-0.4, -0.2) is 18.1 Å². The number of nitrogen functional groups attached to an aromatic ring is 1. The number of nitrogens with zero attached hydrogens (tertiary/aromatic N) is 1. The second kappa shape index (κ2) is 5.02. The lowest BCUT2D eigenvalue weighted by atomic mass is 10.1. The fourth-order valence-electron chi connectivity index (χ4n) is 1.86. The van der Waals surface area contributed by atoms with Crippen molar-refractivity contribution in [3.05, 3.63) is 53.6 Å². The van der Waals surface area contributed by atoms with Crippen LogP contribution in [0.25, 0.3) is 0 Å². The average molecular weight is 256 g/mol. The van der Waals surface area contributed by atoms with Crippen molar-refractivity contribution in [2.45, 2.75) is 6.92 Å². The second-order valence-electron chi connectivity index (χ2n) is 4.47. The third kappa shape index (κ3) is 2.68. The molecule has 0 bridgehead atoms. The van der Waals surface area contributed by atoms with Gasteiger partial charge in [-0.25, -0.2) is 0 Å². The van der Waals surface area contributed by atoms with Crippen molar-refractivity contribution in [1.29, 1.82) is 0 Å². The molecule has 0 aliphatic rings. The Morgan fingerprint density at radius 1 is 1.21 bits per heavy atom. The number of nitrogens with two attached hydrogens (primary N) is 1. The Morgan fingerprint density at radius 3 is 2.63 bits per heavy atom. The summed E-state index contributed by atoms with van der Waals surface area (Å²) in [5, 5.41) is 9.46. The molecule has 0 spiro atoms. The number of carbonyl (C=O) groups excluding carboxylic acids is 1. The number of anilines is 2. The van der Waals surface area contributed by atoms with Crippen molar-refractivity contribution >= 4 is 17.3 Å². The molecule has 0 unspecified atom stereocenters. The van der Waals surface area contributed by atoms with Gasteiger partial charge in [0.15, 0.2) is 0 Å². The lowest BCUT2D eigenvalue weighted by Crippen LogP contribution is -2.27. The van der Waals surface area contributed by atoms with Gasteiger partial charge in [0.1, 0.15) is 5.75 Å². The van der Waals surface area contributed by atoms with E-state index in [1.807, 2.05) is 31.2 Å². The Morgan fingerprint density at radius 2 is 1.95 bits per heavy atom. The molecular weight excluding hydrogens is 240 g/mol. The van der Waals surface area contributed by atoms with Crippen LogP contribution in [0.4, 0.5) is 11.4 Å². The van der Waals surface area contributed by atoms with Crippen LogP contribution >= 0.6 is 0 Å². The molecule has 2 aromatic rings. The van der Waals surface area contributed by atoms with Crippen LogP contribution in [0.2, 0.25) is 0 Å². The fraction of sp³-hybridized carbons (Fsp3) is 0.133. The Labute approximate surface area is 112 Å². The molecule has 0 aliphatic carbocycles.